The van der Waals surface area contributed by atoms with Crippen LogP contribution in [0.4, 0.5) is 13.2 Å². The van der Waals surface area contributed by atoms with Gasteiger partial charge in [-0.25, -0.2) is 0 Å². The normalized spacial score (nSPS) is 21.9. The number of pyridine rings is 1. The first-order valence-corrected chi connectivity index (χ1v) is 7.81. The topological polar surface area (TPSA) is 51.2 Å². The molecule has 2 rings (SSSR count). The number of amides is 1. The van der Waals surface area contributed by atoms with E-state index in [4.69, 9.17) is 4.74 Å². The lowest BCUT2D eigenvalue weighted by Gasteiger charge is -2.28. The number of nitrogens with one attached hydrogen (secondary N) is 1. The van der Waals surface area contributed by atoms with Crippen LogP contribution in [0.3, 0.4) is 0 Å². The Morgan fingerprint density at radius 1 is 1.35 bits per heavy atom. The molecule has 2 unspecified atom stereocenters. The quantitative estimate of drug-likeness (QED) is 0.842. The molecule has 1 heterocycles. The zero-order chi connectivity index (χ0) is 16.9. The molecule has 0 spiro atoms. The Morgan fingerprint density at radius 2 is 2.09 bits per heavy atom. The second-order valence-corrected chi connectivity index (χ2v) is 5.86. The van der Waals surface area contributed by atoms with Gasteiger partial charge in [0.05, 0.1) is 18.3 Å². The van der Waals surface area contributed by atoms with Crippen LogP contribution in [0, 0.1) is 5.92 Å². The highest BCUT2D eigenvalue weighted by atomic mass is 19.4. The molecule has 1 amide bonds. The van der Waals surface area contributed by atoms with Gasteiger partial charge in [0.2, 0.25) is 0 Å². The molecule has 2 atom stereocenters. The Hall–Kier alpha value is -1.63. The SMILES string of the molecule is CC1CCCCC1OCCNC(=O)c1ccc(C(F)(F)F)nc1. The van der Waals surface area contributed by atoms with Gasteiger partial charge in [-0.05, 0) is 30.9 Å². The van der Waals surface area contributed by atoms with Gasteiger partial charge in [0.25, 0.3) is 5.91 Å². The molecule has 4 nitrogen and oxygen atoms in total. The van der Waals surface area contributed by atoms with Crippen molar-refractivity contribution in [2.75, 3.05) is 13.2 Å². The lowest BCUT2D eigenvalue weighted by Crippen LogP contribution is -2.31. The summed E-state index contributed by atoms with van der Waals surface area (Å²) < 4.78 is 43.0. The van der Waals surface area contributed by atoms with Crippen LogP contribution in [-0.4, -0.2) is 30.1 Å². The minimum absolute atomic E-state index is 0.101. The molecule has 1 aliphatic rings. The number of nitrogens with zero attached hydrogens (tertiary/aromatic N) is 1. The molecule has 0 bridgehead atoms. The van der Waals surface area contributed by atoms with E-state index >= 15 is 0 Å². The molecule has 1 aromatic rings. The standard InChI is InChI=1S/C16H21F3N2O2/c1-11-4-2-3-5-13(11)23-9-8-20-15(22)12-6-7-14(21-10-12)16(17,18)19/h6-7,10-11,13H,2-5,8-9H2,1H3,(H,20,22). The van der Waals surface area contributed by atoms with Gasteiger partial charge in [0.15, 0.2) is 0 Å². The number of halogens is 3. The fourth-order valence-electron chi connectivity index (χ4n) is 2.70. The van der Waals surface area contributed by atoms with Gasteiger partial charge in [-0.15, -0.1) is 0 Å². The van der Waals surface area contributed by atoms with Gasteiger partial charge in [0.1, 0.15) is 5.69 Å². The van der Waals surface area contributed by atoms with E-state index in [1.807, 2.05) is 0 Å². The summed E-state index contributed by atoms with van der Waals surface area (Å²) >= 11 is 0. The Labute approximate surface area is 133 Å². The van der Waals surface area contributed by atoms with Crippen LogP contribution in [0.5, 0.6) is 0 Å². The lowest BCUT2D eigenvalue weighted by molar-refractivity contribution is -0.141. The molecule has 0 saturated heterocycles. The van der Waals surface area contributed by atoms with Crippen LogP contribution >= 0.6 is 0 Å². The van der Waals surface area contributed by atoms with E-state index in [0.717, 1.165) is 31.2 Å². The third kappa shape index (κ3) is 5.20. The maximum Gasteiger partial charge on any atom is 0.433 e. The largest absolute Gasteiger partial charge is 0.433 e. The number of hydrogen-bond acceptors (Lipinski definition) is 3. The highest BCUT2D eigenvalue weighted by Gasteiger charge is 2.32. The minimum Gasteiger partial charge on any atom is -0.376 e. The zero-order valence-electron chi connectivity index (χ0n) is 13.0. The van der Waals surface area contributed by atoms with Gasteiger partial charge in [0, 0.05) is 12.7 Å². The summed E-state index contributed by atoms with van der Waals surface area (Å²) in [6.45, 7) is 2.88. The van der Waals surface area contributed by atoms with Crippen molar-refractivity contribution in [2.24, 2.45) is 5.92 Å². The molecule has 1 N–H and O–H groups in total. The molecule has 128 valence electrons. The summed E-state index contributed by atoms with van der Waals surface area (Å²) in [4.78, 5) is 15.1. The van der Waals surface area contributed by atoms with E-state index in [2.05, 4.69) is 17.2 Å². The Balaban J connectivity index is 1.74. The third-order valence-electron chi connectivity index (χ3n) is 4.07. The molecule has 23 heavy (non-hydrogen) atoms. The summed E-state index contributed by atoms with van der Waals surface area (Å²) in [5.41, 5.74) is -0.910. The van der Waals surface area contributed by atoms with Crippen molar-refractivity contribution < 1.29 is 22.7 Å². The predicted octanol–water partition coefficient (Wildman–Crippen LogP) is 3.43. The van der Waals surface area contributed by atoms with Crippen LogP contribution in [0.25, 0.3) is 0 Å². The molecule has 1 fully saturated rings. The van der Waals surface area contributed by atoms with Crippen molar-refractivity contribution in [3.8, 4) is 0 Å². The van der Waals surface area contributed by atoms with Gasteiger partial charge in [-0.3, -0.25) is 9.78 Å². The molecular weight excluding hydrogens is 309 g/mol. The molecule has 0 aliphatic heterocycles. The van der Waals surface area contributed by atoms with E-state index < -0.39 is 17.8 Å². The molecular formula is C16H21F3N2O2. The number of carbonyl (C=O) groups excluding carboxylic acids is 1. The van der Waals surface area contributed by atoms with Crippen LogP contribution in [0.1, 0.15) is 48.7 Å². The van der Waals surface area contributed by atoms with Gasteiger partial charge in [-0.1, -0.05) is 19.8 Å². The van der Waals surface area contributed by atoms with Crippen LogP contribution < -0.4 is 5.32 Å². The van der Waals surface area contributed by atoms with Crippen molar-refractivity contribution >= 4 is 5.91 Å². The zero-order valence-corrected chi connectivity index (χ0v) is 13.0. The van der Waals surface area contributed by atoms with Crippen LogP contribution in [0.2, 0.25) is 0 Å². The minimum atomic E-state index is -4.50. The summed E-state index contributed by atoms with van der Waals surface area (Å²) in [5.74, 6) is 0.0741. The molecule has 0 aromatic carbocycles. The molecule has 0 radical (unpaired) electrons. The molecule has 1 aliphatic carbocycles. The first-order valence-electron chi connectivity index (χ1n) is 7.81. The lowest BCUT2D eigenvalue weighted by atomic mass is 9.88. The highest BCUT2D eigenvalue weighted by Crippen LogP contribution is 2.27. The number of aromatic nitrogens is 1. The number of hydrogen-bond donors (Lipinski definition) is 1. The van der Waals surface area contributed by atoms with Crippen molar-refractivity contribution in [2.45, 2.75) is 44.9 Å². The van der Waals surface area contributed by atoms with Crippen molar-refractivity contribution in [3.05, 3.63) is 29.6 Å². The smallest absolute Gasteiger partial charge is 0.376 e. The summed E-state index contributed by atoms with van der Waals surface area (Å²) in [6.07, 6.45) is 1.26. The second-order valence-electron chi connectivity index (χ2n) is 5.86. The first kappa shape index (κ1) is 17.7. The maximum absolute atomic E-state index is 12.4. The fraction of sp³-hybridized carbons (Fsp3) is 0.625. The van der Waals surface area contributed by atoms with Crippen molar-refractivity contribution in [1.29, 1.82) is 0 Å². The van der Waals surface area contributed by atoms with E-state index in [9.17, 15) is 18.0 Å². The summed E-state index contributed by atoms with van der Waals surface area (Å²) in [6, 6.07) is 1.92. The van der Waals surface area contributed by atoms with Crippen molar-refractivity contribution in [1.82, 2.24) is 10.3 Å². The maximum atomic E-state index is 12.4. The van der Waals surface area contributed by atoms with E-state index in [1.165, 1.54) is 12.8 Å². The van der Waals surface area contributed by atoms with Crippen LogP contribution in [0.15, 0.2) is 18.3 Å². The summed E-state index contributed by atoms with van der Waals surface area (Å²) in [7, 11) is 0. The molecule has 1 aromatic heterocycles. The number of rotatable bonds is 5. The Morgan fingerprint density at radius 3 is 2.70 bits per heavy atom. The second kappa shape index (κ2) is 7.77. The number of alkyl halides is 3. The first-order chi connectivity index (χ1) is 10.9. The number of carbonyl (C=O) groups is 1. The fourth-order valence-corrected chi connectivity index (χ4v) is 2.70. The van der Waals surface area contributed by atoms with Gasteiger partial charge in [-0.2, -0.15) is 13.2 Å². The average Bonchev–Trinajstić information content (AvgIpc) is 2.52. The van der Waals surface area contributed by atoms with E-state index in [1.54, 1.807) is 0 Å². The third-order valence-corrected chi connectivity index (χ3v) is 4.07. The monoisotopic (exact) mass is 330 g/mol. The average molecular weight is 330 g/mol. The highest BCUT2D eigenvalue weighted by molar-refractivity contribution is 5.93. The van der Waals surface area contributed by atoms with Gasteiger partial charge < -0.3 is 10.1 Å². The summed E-state index contributed by atoms with van der Waals surface area (Å²) in [5, 5.41) is 2.63. The van der Waals surface area contributed by atoms with E-state index in [0.29, 0.717) is 19.1 Å². The Bertz CT molecular complexity index is 517. The molecule has 7 heteroatoms. The van der Waals surface area contributed by atoms with Crippen molar-refractivity contribution in [3.63, 3.8) is 0 Å². The van der Waals surface area contributed by atoms with Crippen LogP contribution in [-0.2, 0) is 10.9 Å². The van der Waals surface area contributed by atoms with Gasteiger partial charge >= 0.3 is 6.18 Å². The molecule has 1 saturated carbocycles. The Kier molecular flexibility index (Phi) is 5.98. The van der Waals surface area contributed by atoms with E-state index in [-0.39, 0.29) is 11.7 Å². The number of ether oxygens (including phenoxy) is 1. The predicted molar refractivity (Wildman–Crippen MR) is 78.9 cm³/mol.